The summed E-state index contributed by atoms with van der Waals surface area (Å²) in [6.45, 7) is 9.75. The number of carbonyl (C=O) groups excluding carboxylic acids is 4. The lowest BCUT2D eigenvalue weighted by molar-refractivity contribution is -0.145. The first-order valence-electron chi connectivity index (χ1n) is 16.5. The second-order valence-electron chi connectivity index (χ2n) is 13.2. The number of nitrogens with one attached hydrogen (secondary N) is 2. The Labute approximate surface area is 282 Å². The van der Waals surface area contributed by atoms with E-state index in [9.17, 15) is 24.3 Å². The summed E-state index contributed by atoms with van der Waals surface area (Å²) in [6, 6.07) is 6.59. The van der Waals surface area contributed by atoms with Crippen LogP contribution >= 0.6 is 0 Å². The molecule has 0 aromatic heterocycles. The molecule has 3 aliphatic rings. The number of rotatable bonds is 13. The third kappa shape index (κ3) is 10.6. The number of aliphatic hydroxyl groups excluding tert-OH is 1. The van der Waals surface area contributed by atoms with Gasteiger partial charge in [-0.3, -0.25) is 19.2 Å². The standard InChI is InChI=1S/C36H49N3O9/c1-21(6-13-30-22(2)16-29(24(4)47-30)39-32(41)15-8-23(3)46-25(5)40)7-14-31-34(43)36(20-45-36)18-28(48-31)17-33(42)38-19-26-9-11-27(12-10-26)35(37)44/h6-12,14-15,22-24,28-31,34,43H,13,16-20H2,1-5H3,(H2,37,44)(H,38,42)(H,39,41)/t22-,23-,24+,28+,29+,30-,31+,34+,36+/m0/s1. The van der Waals surface area contributed by atoms with Gasteiger partial charge in [-0.2, -0.15) is 0 Å². The summed E-state index contributed by atoms with van der Waals surface area (Å²) in [7, 11) is 0. The maximum Gasteiger partial charge on any atom is 0.303 e. The van der Waals surface area contributed by atoms with Gasteiger partial charge in [0.05, 0.1) is 37.4 Å². The summed E-state index contributed by atoms with van der Waals surface area (Å²) < 4.78 is 23.1. The molecule has 1 aromatic rings. The van der Waals surface area contributed by atoms with E-state index in [1.54, 1.807) is 37.3 Å². The van der Waals surface area contributed by atoms with Crippen LogP contribution in [0.3, 0.4) is 0 Å². The molecule has 1 aromatic carbocycles. The monoisotopic (exact) mass is 667 g/mol. The molecule has 0 bridgehead atoms. The Morgan fingerprint density at radius 1 is 1.12 bits per heavy atom. The SMILES string of the molecule is CC(=O)O[C@@H](C)C=CC(=O)N[C@@H]1C[C@H](C)[C@H](CC=C(C)C=C[C@H]2O[C@H](CC(=O)NCc3ccc(C(N)=O)cc3)C[C@@]3(CO3)[C@@H]2O)O[C@@H]1C. The fourth-order valence-electron chi connectivity index (χ4n) is 6.15. The molecule has 5 N–H and O–H groups in total. The zero-order chi connectivity index (χ0) is 35.0. The molecule has 3 amide bonds. The number of primary amides is 1. The lowest BCUT2D eigenvalue weighted by Gasteiger charge is -2.39. The second-order valence-corrected chi connectivity index (χ2v) is 13.2. The third-order valence-electron chi connectivity index (χ3n) is 9.06. The predicted octanol–water partition coefficient (Wildman–Crippen LogP) is 2.78. The summed E-state index contributed by atoms with van der Waals surface area (Å²) in [4.78, 5) is 47.5. The molecule has 3 saturated heterocycles. The van der Waals surface area contributed by atoms with Crippen molar-refractivity contribution in [2.45, 2.75) is 115 Å². The number of epoxide rings is 1. The van der Waals surface area contributed by atoms with E-state index in [1.165, 1.54) is 13.0 Å². The smallest absolute Gasteiger partial charge is 0.303 e. The number of hydrogen-bond donors (Lipinski definition) is 4. The van der Waals surface area contributed by atoms with E-state index in [0.717, 1.165) is 17.6 Å². The van der Waals surface area contributed by atoms with Gasteiger partial charge < -0.3 is 40.4 Å². The fraction of sp³-hybridized carbons (Fsp3) is 0.556. The molecule has 0 saturated carbocycles. The Balaban J connectivity index is 1.25. The zero-order valence-corrected chi connectivity index (χ0v) is 28.3. The van der Waals surface area contributed by atoms with Gasteiger partial charge in [-0.15, -0.1) is 0 Å². The summed E-state index contributed by atoms with van der Waals surface area (Å²) in [5, 5.41) is 16.9. The Kier molecular flexibility index (Phi) is 12.7. The van der Waals surface area contributed by atoms with Crippen LogP contribution in [0.15, 0.2) is 60.2 Å². The lowest BCUT2D eigenvalue weighted by Crippen LogP contribution is -2.50. The largest absolute Gasteiger partial charge is 0.459 e. The number of carbonyl (C=O) groups is 4. The molecule has 12 nitrogen and oxygen atoms in total. The number of nitrogens with two attached hydrogens (primary N) is 1. The normalized spacial score (nSPS) is 31.0. The van der Waals surface area contributed by atoms with E-state index in [1.807, 2.05) is 26.0 Å². The molecule has 0 unspecified atom stereocenters. The number of allylic oxidation sites excluding steroid dienone is 2. The molecule has 48 heavy (non-hydrogen) atoms. The molecule has 12 heteroatoms. The van der Waals surface area contributed by atoms with Gasteiger partial charge in [0.2, 0.25) is 17.7 Å². The topological polar surface area (TPSA) is 179 Å². The number of benzene rings is 1. The van der Waals surface area contributed by atoms with Crippen molar-refractivity contribution in [3.63, 3.8) is 0 Å². The molecule has 1 spiro atoms. The van der Waals surface area contributed by atoms with Crippen molar-refractivity contribution in [1.29, 1.82) is 0 Å². The van der Waals surface area contributed by atoms with Crippen LogP contribution in [0.25, 0.3) is 0 Å². The van der Waals surface area contributed by atoms with Gasteiger partial charge >= 0.3 is 5.97 Å². The highest BCUT2D eigenvalue weighted by Gasteiger charge is 2.58. The van der Waals surface area contributed by atoms with Crippen molar-refractivity contribution in [3.05, 3.63) is 71.3 Å². The minimum Gasteiger partial charge on any atom is -0.459 e. The summed E-state index contributed by atoms with van der Waals surface area (Å²) >= 11 is 0. The third-order valence-corrected chi connectivity index (χ3v) is 9.06. The van der Waals surface area contributed by atoms with Crippen LogP contribution < -0.4 is 16.4 Å². The Morgan fingerprint density at radius 3 is 2.48 bits per heavy atom. The van der Waals surface area contributed by atoms with Crippen molar-refractivity contribution in [1.82, 2.24) is 10.6 Å². The molecule has 3 fully saturated rings. The van der Waals surface area contributed by atoms with Gasteiger partial charge in [-0.1, -0.05) is 42.9 Å². The molecule has 0 radical (unpaired) electrons. The Bertz CT molecular complexity index is 1400. The van der Waals surface area contributed by atoms with Gasteiger partial charge in [0.25, 0.3) is 0 Å². The van der Waals surface area contributed by atoms with Crippen molar-refractivity contribution in [2.24, 2.45) is 11.7 Å². The predicted molar refractivity (Wildman–Crippen MR) is 177 cm³/mol. The zero-order valence-electron chi connectivity index (χ0n) is 28.3. The highest BCUT2D eigenvalue weighted by atomic mass is 16.6. The number of amides is 3. The van der Waals surface area contributed by atoms with Gasteiger partial charge in [0.15, 0.2) is 0 Å². The van der Waals surface area contributed by atoms with Crippen LogP contribution in [0.2, 0.25) is 0 Å². The first-order chi connectivity index (χ1) is 22.7. The Morgan fingerprint density at radius 2 is 1.83 bits per heavy atom. The molecule has 9 atom stereocenters. The van der Waals surface area contributed by atoms with Crippen LogP contribution in [0.4, 0.5) is 0 Å². The van der Waals surface area contributed by atoms with Crippen molar-refractivity contribution < 1.29 is 43.2 Å². The van der Waals surface area contributed by atoms with E-state index < -0.39 is 41.9 Å². The van der Waals surface area contributed by atoms with Crippen molar-refractivity contribution in [2.75, 3.05) is 6.61 Å². The van der Waals surface area contributed by atoms with Crippen LogP contribution in [-0.2, 0) is 39.9 Å². The van der Waals surface area contributed by atoms with E-state index in [0.29, 0.717) is 31.6 Å². The Hall–Kier alpha value is -3.84. The van der Waals surface area contributed by atoms with Crippen LogP contribution in [-0.4, -0.2) is 83.7 Å². The molecular formula is C36H49N3O9. The van der Waals surface area contributed by atoms with Gasteiger partial charge in [0, 0.05) is 31.5 Å². The van der Waals surface area contributed by atoms with E-state index >= 15 is 0 Å². The van der Waals surface area contributed by atoms with Crippen LogP contribution in [0, 0.1) is 5.92 Å². The molecule has 3 aliphatic heterocycles. The molecule has 262 valence electrons. The molecule has 3 heterocycles. The molecule has 0 aliphatic carbocycles. The molecule has 4 rings (SSSR count). The average Bonchev–Trinajstić information content (AvgIpc) is 3.80. The average molecular weight is 668 g/mol. The number of hydrogen-bond acceptors (Lipinski definition) is 9. The quantitative estimate of drug-likeness (QED) is 0.107. The fourth-order valence-corrected chi connectivity index (χ4v) is 6.15. The van der Waals surface area contributed by atoms with Crippen molar-refractivity contribution in [3.8, 4) is 0 Å². The van der Waals surface area contributed by atoms with Crippen LogP contribution in [0.5, 0.6) is 0 Å². The van der Waals surface area contributed by atoms with E-state index in [4.69, 9.17) is 24.7 Å². The highest BCUT2D eigenvalue weighted by Crippen LogP contribution is 2.43. The van der Waals surface area contributed by atoms with Crippen LogP contribution in [0.1, 0.15) is 76.2 Å². The van der Waals surface area contributed by atoms with E-state index in [2.05, 4.69) is 23.6 Å². The maximum absolute atomic E-state index is 12.7. The minimum atomic E-state index is -0.848. The first-order valence-corrected chi connectivity index (χ1v) is 16.5. The number of ether oxygens (including phenoxy) is 4. The van der Waals surface area contributed by atoms with Crippen molar-refractivity contribution >= 4 is 23.7 Å². The summed E-state index contributed by atoms with van der Waals surface area (Å²) in [6.07, 6.45) is 8.11. The summed E-state index contributed by atoms with van der Waals surface area (Å²) in [5.41, 5.74) is 6.80. The lowest BCUT2D eigenvalue weighted by atomic mass is 9.87. The first kappa shape index (κ1) is 37.0. The summed E-state index contributed by atoms with van der Waals surface area (Å²) in [5.74, 6) is -1.16. The molecular weight excluding hydrogens is 618 g/mol. The maximum atomic E-state index is 12.7. The number of esters is 1. The van der Waals surface area contributed by atoms with E-state index in [-0.39, 0.29) is 42.4 Å². The van der Waals surface area contributed by atoms with Gasteiger partial charge in [-0.05, 0) is 63.3 Å². The highest BCUT2D eigenvalue weighted by molar-refractivity contribution is 5.92. The van der Waals surface area contributed by atoms with Gasteiger partial charge in [0.1, 0.15) is 23.9 Å². The minimum absolute atomic E-state index is 0.0281. The number of aliphatic hydroxyl groups is 1. The van der Waals surface area contributed by atoms with Gasteiger partial charge in [-0.25, -0.2) is 0 Å². The second kappa shape index (κ2) is 16.5.